The summed E-state index contributed by atoms with van der Waals surface area (Å²) in [6.45, 7) is 1.99. The lowest BCUT2D eigenvalue weighted by Crippen LogP contribution is -2.40. The summed E-state index contributed by atoms with van der Waals surface area (Å²) in [6.07, 6.45) is 3.03. The number of halogens is 1. The van der Waals surface area contributed by atoms with Crippen molar-refractivity contribution in [2.75, 3.05) is 7.11 Å². The van der Waals surface area contributed by atoms with Gasteiger partial charge in [0.25, 0.3) is 11.8 Å². The van der Waals surface area contributed by atoms with E-state index in [9.17, 15) is 9.59 Å². The summed E-state index contributed by atoms with van der Waals surface area (Å²) in [6, 6.07) is 8.54. The molecule has 2 rings (SSSR count). The van der Waals surface area contributed by atoms with Crippen LogP contribution in [0.1, 0.15) is 20.1 Å². The van der Waals surface area contributed by atoms with E-state index in [0.717, 1.165) is 9.75 Å². The minimum absolute atomic E-state index is 0.234. The molecule has 0 fully saturated rings. The van der Waals surface area contributed by atoms with E-state index < -0.39 is 11.8 Å². The number of ether oxygens (including phenoxy) is 1. The number of hydrogen-bond acceptors (Lipinski definition) is 4. The van der Waals surface area contributed by atoms with E-state index in [4.69, 9.17) is 16.3 Å². The third kappa shape index (κ3) is 4.84. The maximum absolute atomic E-state index is 12.1. The van der Waals surface area contributed by atoms with Gasteiger partial charge in [0, 0.05) is 20.9 Å². The zero-order valence-corrected chi connectivity index (χ0v) is 14.1. The molecular formula is C16H15ClN2O3S. The summed E-state index contributed by atoms with van der Waals surface area (Å²) >= 11 is 7.44. The normalized spacial score (nSPS) is 10.6. The largest absolute Gasteiger partial charge is 0.496 e. The van der Waals surface area contributed by atoms with Crippen molar-refractivity contribution in [2.45, 2.75) is 6.92 Å². The van der Waals surface area contributed by atoms with Crippen LogP contribution >= 0.6 is 22.9 Å². The second-order valence-corrected chi connectivity index (χ2v) is 6.33. The maximum atomic E-state index is 12.1. The summed E-state index contributed by atoms with van der Waals surface area (Å²) in [4.78, 5) is 25.9. The predicted molar refractivity (Wildman–Crippen MR) is 91.7 cm³/mol. The molecule has 2 N–H and O–H groups in total. The number of rotatable bonds is 4. The average molecular weight is 351 g/mol. The van der Waals surface area contributed by atoms with Crippen LogP contribution in [0.4, 0.5) is 0 Å². The Bertz CT molecular complexity index is 756. The molecular weight excluding hydrogens is 336 g/mol. The second kappa shape index (κ2) is 7.80. The lowest BCUT2D eigenvalue weighted by molar-refractivity contribution is -0.117. The van der Waals surface area contributed by atoms with Crippen LogP contribution < -0.4 is 15.6 Å². The first-order valence-corrected chi connectivity index (χ1v) is 7.87. The first-order valence-electron chi connectivity index (χ1n) is 6.68. The van der Waals surface area contributed by atoms with Gasteiger partial charge >= 0.3 is 0 Å². The molecule has 0 bridgehead atoms. The molecule has 0 radical (unpaired) electrons. The minimum Gasteiger partial charge on any atom is -0.496 e. The van der Waals surface area contributed by atoms with Gasteiger partial charge < -0.3 is 4.74 Å². The van der Waals surface area contributed by atoms with Gasteiger partial charge in [-0.2, -0.15) is 0 Å². The molecule has 1 aromatic carbocycles. The molecule has 120 valence electrons. The van der Waals surface area contributed by atoms with E-state index in [-0.39, 0.29) is 5.56 Å². The zero-order valence-electron chi connectivity index (χ0n) is 12.6. The highest BCUT2D eigenvalue weighted by Gasteiger charge is 2.13. The van der Waals surface area contributed by atoms with Gasteiger partial charge in [-0.25, -0.2) is 0 Å². The Morgan fingerprint density at radius 1 is 1.22 bits per heavy atom. The summed E-state index contributed by atoms with van der Waals surface area (Å²) < 4.78 is 5.09. The topological polar surface area (TPSA) is 67.4 Å². The molecule has 0 saturated heterocycles. The summed E-state index contributed by atoms with van der Waals surface area (Å²) in [5.41, 5.74) is 4.86. The number of benzene rings is 1. The molecule has 2 amide bonds. The number of thiophene rings is 1. The number of methoxy groups -OCH3 is 1. The molecule has 0 spiro atoms. The Morgan fingerprint density at radius 3 is 2.65 bits per heavy atom. The summed E-state index contributed by atoms with van der Waals surface area (Å²) in [5, 5.41) is 0.398. The van der Waals surface area contributed by atoms with E-state index in [2.05, 4.69) is 10.9 Å². The van der Waals surface area contributed by atoms with Gasteiger partial charge in [-0.3, -0.25) is 20.4 Å². The van der Waals surface area contributed by atoms with E-state index in [1.54, 1.807) is 29.5 Å². The number of carbonyl (C=O) groups excluding carboxylic acids is 2. The van der Waals surface area contributed by atoms with Crippen molar-refractivity contribution in [3.8, 4) is 5.75 Å². The fraction of sp³-hybridized carbons (Fsp3) is 0.125. The summed E-state index contributed by atoms with van der Waals surface area (Å²) in [7, 11) is 1.45. The molecule has 2 aromatic rings. The van der Waals surface area contributed by atoms with Crippen molar-refractivity contribution in [3.63, 3.8) is 0 Å². The SMILES string of the molecule is COc1ccc(Cl)cc1C(=O)NNC(=O)/C=C/c1ccc(C)s1. The number of carbonyl (C=O) groups is 2. The van der Waals surface area contributed by atoms with Crippen molar-refractivity contribution >= 4 is 40.8 Å². The molecule has 1 heterocycles. The van der Waals surface area contributed by atoms with Crippen LogP contribution in [0.5, 0.6) is 5.75 Å². The third-order valence-corrected chi connectivity index (χ3v) is 4.07. The third-order valence-electron chi connectivity index (χ3n) is 2.87. The average Bonchev–Trinajstić information content (AvgIpc) is 2.96. The highest BCUT2D eigenvalue weighted by molar-refractivity contribution is 7.12. The number of hydrogen-bond donors (Lipinski definition) is 2. The van der Waals surface area contributed by atoms with Crippen molar-refractivity contribution in [2.24, 2.45) is 0 Å². The van der Waals surface area contributed by atoms with E-state index in [0.29, 0.717) is 10.8 Å². The van der Waals surface area contributed by atoms with Gasteiger partial charge in [0.2, 0.25) is 0 Å². The first kappa shape index (κ1) is 17.1. The van der Waals surface area contributed by atoms with Crippen LogP contribution in [0.2, 0.25) is 5.02 Å². The molecule has 23 heavy (non-hydrogen) atoms. The quantitative estimate of drug-likeness (QED) is 0.657. The van der Waals surface area contributed by atoms with Crippen LogP contribution in [-0.4, -0.2) is 18.9 Å². The van der Waals surface area contributed by atoms with Gasteiger partial charge in [-0.05, 0) is 43.3 Å². The Kier molecular flexibility index (Phi) is 5.78. The molecule has 7 heteroatoms. The number of hydrazine groups is 1. The molecule has 1 aromatic heterocycles. The Balaban J connectivity index is 1.95. The molecule has 5 nitrogen and oxygen atoms in total. The van der Waals surface area contributed by atoms with Crippen molar-refractivity contribution in [1.82, 2.24) is 10.9 Å². The molecule has 0 aliphatic carbocycles. The van der Waals surface area contributed by atoms with Crippen molar-refractivity contribution in [3.05, 3.63) is 56.7 Å². The van der Waals surface area contributed by atoms with Gasteiger partial charge in [-0.15, -0.1) is 11.3 Å². The van der Waals surface area contributed by atoms with Gasteiger partial charge in [0.05, 0.1) is 12.7 Å². The lowest BCUT2D eigenvalue weighted by Gasteiger charge is -2.09. The number of aryl methyl sites for hydroxylation is 1. The van der Waals surface area contributed by atoms with E-state index in [1.807, 2.05) is 19.1 Å². The minimum atomic E-state index is -0.516. The van der Waals surface area contributed by atoms with Crippen LogP contribution in [0.3, 0.4) is 0 Å². The fourth-order valence-corrected chi connectivity index (χ4v) is 2.74. The van der Waals surface area contributed by atoms with E-state index >= 15 is 0 Å². The Hall–Kier alpha value is -2.31. The smallest absolute Gasteiger partial charge is 0.273 e. The zero-order chi connectivity index (χ0) is 16.8. The first-order chi connectivity index (χ1) is 11.0. The highest BCUT2D eigenvalue weighted by Crippen LogP contribution is 2.22. The maximum Gasteiger partial charge on any atom is 0.273 e. The van der Waals surface area contributed by atoms with Gasteiger partial charge in [0.1, 0.15) is 5.75 Å². The number of amides is 2. The highest BCUT2D eigenvalue weighted by atomic mass is 35.5. The van der Waals surface area contributed by atoms with Gasteiger partial charge in [-0.1, -0.05) is 11.6 Å². The lowest BCUT2D eigenvalue weighted by atomic mass is 10.2. The van der Waals surface area contributed by atoms with Crippen molar-refractivity contribution < 1.29 is 14.3 Å². The Morgan fingerprint density at radius 2 is 2.00 bits per heavy atom. The standard InChI is InChI=1S/C16H15ClN2O3S/c1-10-3-5-12(23-10)6-8-15(20)18-19-16(21)13-9-11(17)4-7-14(13)22-2/h3-9H,1-2H3,(H,18,20)(H,19,21)/b8-6+. The van der Waals surface area contributed by atoms with Crippen LogP contribution in [0.15, 0.2) is 36.4 Å². The molecule has 0 saturated carbocycles. The van der Waals surface area contributed by atoms with Gasteiger partial charge in [0.15, 0.2) is 0 Å². The van der Waals surface area contributed by atoms with Crippen LogP contribution in [-0.2, 0) is 4.79 Å². The van der Waals surface area contributed by atoms with Crippen molar-refractivity contribution in [1.29, 1.82) is 0 Å². The predicted octanol–water partition coefficient (Wildman–Crippen LogP) is 3.19. The van der Waals surface area contributed by atoms with Crippen LogP contribution in [0.25, 0.3) is 6.08 Å². The number of nitrogens with one attached hydrogen (secondary N) is 2. The molecule has 0 aliphatic rings. The summed E-state index contributed by atoms with van der Waals surface area (Å²) in [5.74, 6) is -0.589. The molecule has 0 aliphatic heterocycles. The van der Waals surface area contributed by atoms with E-state index in [1.165, 1.54) is 19.3 Å². The second-order valence-electron chi connectivity index (χ2n) is 4.57. The van der Waals surface area contributed by atoms with Crippen LogP contribution in [0, 0.1) is 6.92 Å². The monoisotopic (exact) mass is 350 g/mol. The fourth-order valence-electron chi connectivity index (χ4n) is 1.79. The molecule has 0 unspecified atom stereocenters. The molecule has 0 atom stereocenters. The Labute approximate surface area is 142 Å².